The lowest BCUT2D eigenvalue weighted by Gasteiger charge is -2.28. The van der Waals surface area contributed by atoms with Gasteiger partial charge in [-0.15, -0.1) is 0 Å². The number of nitriles is 1. The number of aromatic hydroxyl groups is 1. The predicted molar refractivity (Wildman–Crippen MR) is 111 cm³/mol. The van der Waals surface area contributed by atoms with Gasteiger partial charge in [-0.1, -0.05) is 0 Å². The number of benzene rings is 1. The van der Waals surface area contributed by atoms with Gasteiger partial charge in [0.05, 0.1) is 31.9 Å². The van der Waals surface area contributed by atoms with Crippen LogP contribution in [-0.2, 0) is 7.05 Å². The molecule has 1 saturated heterocycles. The molecule has 8 heteroatoms. The number of nitrogens with zero attached hydrogens (tertiary/aromatic N) is 4. The van der Waals surface area contributed by atoms with Gasteiger partial charge in [0, 0.05) is 25.5 Å². The fourth-order valence-electron chi connectivity index (χ4n) is 3.68. The monoisotopic (exact) mass is 394 g/mol. The Bertz CT molecular complexity index is 1070. The van der Waals surface area contributed by atoms with Crippen LogP contribution in [0.2, 0.25) is 0 Å². The van der Waals surface area contributed by atoms with E-state index in [1.165, 1.54) is 31.8 Å². The topological polar surface area (TPSA) is 107 Å². The van der Waals surface area contributed by atoms with Gasteiger partial charge >= 0.3 is 0 Å². The van der Waals surface area contributed by atoms with Gasteiger partial charge in [0.2, 0.25) is 5.88 Å². The van der Waals surface area contributed by atoms with Crippen molar-refractivity contribution in [1.29, 1.82) is 5.26 Å². The number of quaternary nitrogens is 1. The third-order valence-corrected chi connectivity index (χ3v) is 5.63. The molecule has 2 aromatic rings. The molecule has 1 fully saturated rings. The molecule has 0 bridgehead atoms. The van der Waals surface area contributed by atoms with Crippen LogP contribution in [0.4, 0.5) is 5.69 Å². The van der Waals surface area contributed by atoms with Crippen molar-refractivity contribution in [2.45, 2.75) is 19.8 Å². The maximum atomic E-state index is 12.4. The van der Waals surface area contributed by atoms with Crippen LogP contribution in [0.15, 0.2) is 34.2 Å². The molecule has 0 saturated carbocycles. The number of rotatable bonds is 4. The standard InChI is InChI=1S/C21H23N5O3/c1-14-17(12-22)20(28)25(2)21(29)18(14)13-23-24-19(27)15-6-8-16(9-7-15)26(3)10-4-5-11-26/h6-9,13H,4-5,10-11H2,1-3H3,(H-,23,24,27,28,29)/p+1. The van der Waals surface area contributed by atoms with E-state index >= 15 is 0 Å². The normalized spacial score (nSPS) is 15.4. The number of likely N-dealkylation sites (tertiary alicyclic amines) is 1. The van der Waals surface area contributed by atoms with E-state index in [-0.39, 0.29) is 22.9 Å². The second-order valence-electron chi connectivity index (χ2n) is 7.51. The first-order chi connectivity index (χ1) is 13.8. The molecule has 0 spiro atoms. The molecule has 1 aliphatic rings. The molecule has 1 aliphatic heterocycles. The molecule has 1 aromatic carbocycles. The Labute approximate surface area is 168 Å². The van der Waals surface area contributed by atoms with Crippen molar-refractivity contribution in [2.75, 3.05) is 20.1 Å². The largest absolute Gasteiger partial charge is 0.494 e. The van der Waals surface area contributed by atoms with Crippen molar-refractivity contribution < 1.29 is 9.90 Å². The highest BCUT2D eigenvalue weighted by Gasteiger charge is 2.29. The number of hydrogen-bond donors (Lipinski definition) is 2. The van der Waals surface area contributed by atoms with E-state index in [1.807, 2.05) is 18.2 Å². The van der Waals surface area contributed by atoms with Crippen molar-refractivity contribution in [1.82, 2.24) is 14.5 Å². The summed E-state index contributed by atoms with van der Waals surface area (Å²) in [5.41, 5.74) is 3.90. The summed E-state index contributed by atoms with van der Waals surface area (Å²) in [6, 6.07) is 9.30. The Kier molecular flexibility index (Phi) is 5.52. The lowest BCUT2D eigenvalue weighted by Crippen LogP contribution is -2.41. The van der Waals surface area contributed by atoms with Crippen LogP contribution < -0.4 is 15.5 Å². The Morgan fingerprint density at radius 3 is 2.52 bits per heavy atom. The summed E-state index contributed by atoms with van der Waals surface area (Å²) < 4.78 is 1.85. The second kappa shape index (κ2) is 7.89. The maximum Gasteiger partial charge on any atom is 0.271 e. The summed E-state index contributed by atoms with van der Waals surface area (Å²) >= 11 is 0. The molecular formula is C21H24N5O3+. The second-order valence-corrected chi connectivity index (χ2v) is 7.51. The number of pyridine rings is 1. The summed E-state index contributed by atoms with van der Waals surface area (Å²) in [6.07, 6.45) is 3.64. The number of carbonyl (C=O) groups is 1. The molecule has 150 valence electrons. The van der Waals surface area contributed by atoms with Crippen molar-refractivity contribution >= 4 is 17.8 Å². The van der Waals surface area contributed by atoms with Crippen LogP contribution in [0.5, 0.6) is 5.88 Å². The van der Waals surface area contributed by atoms with Crippen LogP contribution in [0.3, 0.4) is 0 Å². The predicted octanol–water partition coefficient (Wildman–Crippen LogP) is 1.77. The molecule has 29 heavy (non-hydrogen) atoms. The molecule has 1 aromatic heterocycles. The Morgan fingerprint density at radius 1 is 1.31 bits per heavy atom. The van der Waals surface area contributed by atoms with Crippen molar-refractivity contribution in [2.24, 2.45) is 12.1 Å². The third-order valence-electron chi connectivity index (χ3n) is 5.63. The summed E-state index contributed by atoms with van der Waals surface area (Å²) in [5, 5.41) is 23.2. The summed E-state index contributed by atoms with van der Waals surface area (Å²) in [5.74, 6) is -0.712. The molecule has 2 N–H and O–H groups in total. The zero-order chi connectivity index (χ0) is 21.2. The first-order valence-corrected chi connectivity index (χ1v) is 9.40. The van der Waals surface area contributed by atoms with E-state index in [2.05, 4.69) is 17.6 Å². The van der Waals surface area contributed by atoms with Crippen LogP contribution in [0, 0.1) is 18.3 Å². The van der Waals surface area contributed by atoms with Gasteiger partial charge in [-0.25, -0.2) is 5.43 Å². The van der Waals surface area contributed by atoms with Gasteiger partial charge in [-0.3, -0.25) is 18.6 Å². The van der Waals surface area contributed by atoms with Crippen molar-refractivity contribution in [3.63, 3.8) is 0 Å². The molecule has 1 amide bonds. The lowest BCUT2D eigenvalue weighted by atomic mass is 10.1. The van der Waals surface area contributed by atoms with Gasteiger partial charge in [0.25, 0.3) is 11.5 Å². The zero-order valence-electron chi connectivity index (χ0n) is 16.8. The smallest absolute Gasteiger partial charge is 0.271 e. The lowest BCUT2D eigenvalue weighted by molar-refractivity contribution is 0.0955. The third kappa shape index (κ3) is 3.77. The van der Waals surface area contributed by atoms with E-state index < -0.39 is 5.56 Å². The van der Waals surface area contributed by atoms with Crippen molar-refractivity contribution in [3.05, 3.63) is 56.9 Å². The average Bonchev–Trinajstić information content (AvgIpc) is 3.17. The number of hydrogen-bond acceptors (Lipinski definition) is 5. The van der Waals surface area contributed by atoms with E-state index in [0.717, 1.165) is 22.1 Å². The van der Waals surface area contributed by atoms with Gasteiger partial charge in [0.15, 0.2) is 0 Å². The molecule has 0 radical (unpaired) electrons. The first kappa shape index (κ1) is 20.3. The molecule has 3 rings (SSSR count). The highest BCUT2D eigenvalue weighted by molar-refractivity contribution is 5.95. The quantitative estimate of drug-likeness (QED) is 0.468. The first-order valence-electron chi connectivity index (χ1n) is 9.40. The Balaban J connectivity index is 1.76. The molecule has 2 heterocycles. The number of hydrazone groups is 1. The number of aromatic nitrogens is 1. The van der Waals surface area contributed by atoms with E-state index in [9.17, 15) is 14.7 Å². The number of carbonyl (C=O) groups excluding carboxylic acids is 1. The van der Waals surface area contributed by atoms with E-state index in [1.54, 1.807) is 19.1 Å². The van der Waals surface area contributed by atoms with Gasteiger partial charge in [0.1, 0.15) is 17.3 Å². The van der Waals surface area contributed by atoms with E-state index in [4.69, 9.17) is 5.26 Å². The van der Waals surface area contributed by atoms with Gasteiger partial charge in [-0.2, -0.15) is 10.4 Å². The molecule has 8 nitrogen and oxygen atoms in total. The minimum Gasteiger partial charge on any atom is -0.494 e. The van der Waals surface area contributed by atoms with Crippen LogP contribution in [0.1, 0.15) is 39.9 Å². The van der Waals surface area contributed by atoms with Crippen LogP contribution >= 0.6 is 0 Å². The number of nitrogens with one attached hydrogen (secondary N) is 1. The summed E-state index contributed by atoms with van der Waals surface area (Å²) in [7, 11) is 3.56. The molecular weight excluding hydrogens is 370 g/mol. The summed E-state index contributed by atoms with van der Waals surface area (Å²) in [4.78, 5) is 24.3. The minimum absolute atomic E-state index is 0.0767. The van der Waals surface area contributed by atoms with Gasteiger partial charge in [-0.05, 0) is 36.8 Å². The fraction of sp³-hybridized carbons (Fsp3) is 0.333. The van der Waals surface area contributed by atoms with E-state index in [0.29, 0.717) is 11.1 Å². The Hall–Kier alpha value is -3.44. The number of amides is 1. The maximum absolute atomic E-state index is 12.4. The highest BCUT2D eigenvalue weighted by Crippen LogP contribution is 2.27. The van der Waals surface area contributed by atoms with Crippen molar-refractivity contribution in [3.8, 4) is 11.9 Å². The Morgan fingerprint density at radius 2 is 1.93 bits per heavy atom. The molecule has 0 atom stereocenters. The zero-order valence-corrected chi connectivity index (χ0v) is 16.8. The van der Waals surface area contributed by atoms with Gasteiger partial charge < -0.3 is 5.11 Å². The minimum atomic E-state index is -0.585. The average molecular weight is 394 g/mol. The highest BCUT2D eigenvalue weighted by atomic mass is 16.3. The van der Waals surface area contributed by atoms with Crippen LogP contribution in [0.25, 0.3) is 0 Å². The summed E-state index contributed by atoms with van der Waals surface area (Å²) in [6.45, 7) is 3.75. The fourth-order valence-corrected chi connectivity index (χ4v) is 3.68. The SMILES string of the molecule is Cc1c(/C=N/NC(=O)c2ccc([N+]3(C)CCCC3)cc2)c(O)n(C)c(=O)c1C#N. The molecule has 0 aliphatic carbocycles. The molecule has 0 unspecified atom stereocenters. The van der Waals surface area contributed by atoms with Crippen LogP contribution in [-0.4, -0.2) is 41.9 Å².